The number of hydrogen-bond acceptors (Lipinski definition) is 4. The number of rotatable bonds is 9. The molecule has 0 aromatic heterocycles. The van der Waals surface area contributed by atoms with Gasteiger partial charge in [-0.05, 0) is 38.3 Å². The molecule has 0 spiro atoms. The molecule has 7 nitrogen and oxygen atoms in total. The fraction of sp³-hybridized carbons (Fsp3) is 0.500. The minimum atomic E-state index is -3.68. The van der Waals surface area contributed by atoms with Crippen LogP contribution in [0.5, 0.6) is 0 Å². The van der Waals surface area contributed by atoms with Gasteiger partial charge in [0.15, 0.2) is 0 Å². The summed E-state index contributed by atoms with van der Waals surface area (Å²) in [7, 11) is -3.68. The average molecular weight is 356 g/mol. The topological polar surface area (TPSA) is 113 Å². The molecule has 1 aromatic rings. The van der Waals surface area contributed by atoms with E-state index in [2.05, 4.69) is 10.0 Å². The summed E-state index contributed by atoms with van der Waals surface area (Å²) in [6.07, 6.45) is 0.323. The van der Waals surface area contributed by atoms with Gasteiger partial charge < -0.3 is 10.4 Å². The fourth-order valence-electron chi connectivity index (χ4n) is 2.52. The molecule has 24 heavy (non-hydrogen) atoms. The Morgan fingerprint density at radius 2 is 1.62 bits per heavy atom. The van der Waals surface area contributed by atoms with E-state index in [1.54, 1.807) is 26.0 Å². The maximum Gasteiger partial charge on any atom is 0.303 e. The van der Waals surface area contributed by atoms with Crippen LogP contribution in [-0.4, -0.2) is 38.5 Å². The van der Waals surface area contributed by atoms with Crippen molar-refractivity contribution >= 4 is 21.9 Å². The summed E-state index contributed by atoms with van der Waals surface area (Å²) < 4.78 is 27.2. The Balaban J connectivity index is 2.52. The van der Waals surface area contributed by atoms with Gasteiger partial charge in [0, 0.05) is 25.9 Å². The lowest BCUT2D eigenvalue weighted by molar-refractivity contribution is -0.137. The quantitative estimate of drug-likeness (QED) is 0.577. The summed E-state index contributed by atoms with van der Waals surface area (Å²) in [5.41, 5.74) is 2.32. The summed E-state index contributed by atoms with van der Waals surface area (Å²) in [6, 6.07) is 3.60. The summed E-state index contributed by atoms with van der Waals surface area (Å²) in [5.74, 6) is -1.23. The van der Waals surface area contributed by atoms with Crippen LogP contribution in [0.4, 0.5) is 0 Å². The predicted molar refractivity (Wildman–Crippen MR) is 90.3 cm³/mol. The lowest BCUT2D eigenvalue weighted by Gasteiger charge is -2.13. The smallest absolute Gasteiger partial charge is 0.303 e. The van der Waals surface area contributed by atoms with Crippen molar-refractivity contribution in [3.8, 4) is 0 Å². The van der Waals surface area contributed by atoms with E-state index >= 15 is 0 Å². The van der Waals surface area contributed by atoms with Gasteiger partial charge in [0.05, 0.1) is 4.90 Å². The number of aryl methyl sites for hydroxylation is 3. The molecular weight excluding hydrogens is 332 g/mol. The van der Waals surface area contributed by atoms with Crippen molar-refractivity contribution < 1.29 is 23.1 Å². The number of sulfonamides is 1. The zero-order valence-electron chi connectivity index (χ0n) is 14.2. The highest BCUT2D eigenvalue weighted by Gasteiger charge is 2.19. The third-order valence-electron chi connectivity index (χ3n) is 3.41. The zero-order valence-corrected chi connectivity index (χ0v) is 15.0. The van der Waals surface area contributed by atoms with Crippen molar-refractivity contribution in [1.82, 2.24) is 10.0 Å². The van der Waals surface area contributed by atoms with Crippen LogP contribution in [0.3, 0.4) is 0 Å². The number of carboxylic acids is 1. The van der Waals surface area contributed by atoms with Gasteiger partial charge in [-0.15, -0.1) is 0 Å². The van der Waals surface area contributed by atoms with Crippen molar-refractivity contribution in [3.63, 3.8) is 0 Å². The first-order chi connectivity index (χ1) is 11.1. The van der Waals surface area contributed by atoms with Gasteiger partial charge >= 0.3 is 5.97 Å². The number of benzene rings is 1. The van der Waals surface area contributed by atoms with E-state index in [1.165, 1.54) is 0 Å². The first-order valence-corrected chi connectivity index (χ1v) is 9.18. The molecule has 1 amide bonds. The molecule has 0 bridgehead atoms. The molecule has 0 unspecified atom stereocenters. The lowest BCUT2D eigenvalue weighted by atomic mass is 10.1. The third kappa shape index (κ3) is 6.29. The van der Waals surface area contributed by atoms with E-state index in [1.807, 2.05) is 6.92 Å². The molecule has 0 aliphatic heterocycles. The molecule has 1 rings (SSSR count). The van der Waals surface area contributed by atoms with Crippen LogP contribution in [0.25, 0.3) is 0 Å². The average Bonchev–Trinajstić information content (AvgIpc) is 2.41. The number of hydrogen-bond donors (Lipinski definition) is 3. The van der Waals surface area contributed by atoms with Crippen LogP contribution in [0.2, 0.25) is 0 Å². The van der Waals surface area contributed by atoms with Gasteiger partial charge in [-0.2, -0.15) is 0 Å². The van der Waals surface area contributed by atoms with Gasteiger partial charge in [-0.1, -0.05) is 17.7 Å². The minimum absolute atomic E-state index is 0.00371. The molecule has 0 fully saturated rings. The molecule has 0 saturated carbocycles. The maximum absolute atomic E-state index is 12.4. The molecule has 0 heterocycles. The molecule has 0 aliphatic rings. The molecule has 0 radical (unpaired) electrons. The summed E-state index contributed by atoms with van der Waals surface area (Å²) in [6.45, 7) is 5.62. The standard InChI is InChI=1S/C16H24N2O5S/c1-11-9-12(2)16(13(3)10-11)24(22,23)18-8-6-14(19)17-7-4-5-15(20)21/h9-10,18H,4-8H2,1-3H3,(H,17,19)(H,20,21). The van der Waals surface area contributed by atoms with E-state index in [4.69, 9.17) is 5.11 Å². The first-order valence-electron chi connectivity index (χ1n) is 7.69. The van der Waals surface area contributed by atoms with Crippen molar-refractivity contribution in [2.24, 2.45) is 0 Å². The molecule has 0 atom stereocenters. The number of nitrogens with one attached hydrogen (secondary N) is 2. The second-order valence-electron chi connectivity index (χ2n) is 5.72. The Morgan fingerprint density at radius 3 is 2.17 bits per heavy atom. The molecule has 1 aromatic carbocycles. The highest BCUT2D eigenvalue weighted by molar-refractivity contribution is 7.89. The third-order valence-corrected chi connectivity index (χ3v) is 5.17. The molecule has 8 heteroatoms. The van der Waals surface area contributed by atoms with E-state index in [0.717, 1.165) is 5.56 Å². The lowest BCUT2D eigenvalue weighted by Crippen LogP contribution is -2.32. The van der Waals surface area contributed by atoms with E-state index in [0.29, 0.717) is 17.5 Å². The van der Waals surface area contributed by atoms with Crippen molar-refractivity contribution in [2.75, 3.05) is 13.1 Å². The van der Waals surface area contributed by atoms with Crippen LogP contribution in [-0.2, 0) is 19.6 Å². The second kappa shape index (κ2) is 8.79. The highest BCUT2D eigenvalue weighted by atomic mass is 32.2. The van der Waals surface area contributed by atoms with Gasteiger partial charge in [0.2, 0.25) is 15.9 Å². The Labute approximate surface area is 142 Å². The zero-order chi connectivity index (χ0) is 18.3. The van der Waals surface area contributed by atoms with Crippen LogP contribution in [0, 0.1) is 20.8 Å². The molecular formula is C16H24N2O5S. The number of aliphatic carboxylic acids is 1. The molecule has 3 N–H and O–H groups in total. The van der Waals surface area contributed by atoms with Crippen molar-refractivity contribution in [3.05, 3.63) is 28.8 Å². The number of carbonyl (C=O) groups excluding carboxylic acids is 1. The minimum Gasteiger partial charge on any atom is -0.481 e. The normalized spacial score (nSPS) is 11.3. The van der Waals surface area contributed by atoms with E-state index < -0.39 is 16.0 Å². The second-order valence-corrected chi connectivity index (χ2v) is 7.43. The van der Waals surface area contributed by atoms with Gasteiger partial charge in [-0.3, -0.25) is 9.59 Å². The maximum atomic E-state index is 12.4. The number of carbonyl (C=O) groups is 2. The van der Waals surface area contributed by atoms with Crippen molar-refractivity contribution in [1.29, 1.82) is 0 Å². The highest BCUT2D eigenvalue weighted by Crippen LogP contribution is 2.21. The summed E-state index contributed by atoms with van der Waals surface area (Å²) >= 11 is 0. The van der Waals surface area contributed by atoms with Crippen LogP contribution in [0.15, 0.2) is 17.0 Å². The Hall–Kier alpha value is -1.93. The van der Waals surface area contributed by atoms with E-state index in [9.17, 15) is 18.0 Å². The predicted octanol–water partition coefficient (Wildman–Crippen LogP) is 1.26. The van der Waals surface area contributed by atoms with Crippen LogP contribution < -0.4 is 10.0 Å². The first kappa shape index (κ1) is 20.1. The van der Waals surface area contributed by atoms with E-state index in [-0.39, 0.29) is 36.7 Å². The fourth-order valence-corrected chi connectivity index (χ4v) is 4.00. The van der Waals surface area contributed by atoms with Crippen LogP contribution in [0.1, 0.15) is 36.0 Å². The van der Waals surface area contributed by atoms with Gasteiger partial charge in [-0.25, -0.2) is 13.1 Å². The summed E-state index contributed by atoms with van der Waals surface area (Å²) in [4.78, 5) is 22.2. The largest absolute Gasteiger partial charge is 0.481 e. The number of carboxylic acid groups (broad SMARTS) is 1. The molecule has 0 saturated heterocycles. The molecule has 134 valence electrons. The molecule has 0 aliphatic carbocycles. The van der Waals surface area contributed by atoms with Gasteiger partial charge in [0.25, 0.3) is 0 Å². The Kier molecular flexibility index (Phi) is 7.37. The SMILES string of the molecule is Cc1cc(C)c(S(=O)(=O)NCCC(=O)NCCCC(=O)O)c(C)c1. The van der Waals surface area contributed by atoms with Crippen molar-refractivity contribution in [2.45, 2.75) is 44.9 Å². The monoisotopic (exact) mass is 356 g/mol. The summed E-state index contributed by atoms with van der Waals surface area (Å²) in [5, 5.41) is 11.0. The van der Waals surface area contributed by atoms with Gasteiger partial charge in [0.1, 0.15) is 0 Å². The Morgan fingerprint density at radius 1 is 1.04 bits per heavy atom. The Bertz CT molecular complexity index is 690. The van der Waals surface area contributed by atoms with Crippen LogP contribution >= 0.6 is 0 Å². The number of amides is 1.